The third-order valence-electron chi connectivity index (χ3n) is 5.75. The van der Waals surface area contributed by atoms with Crippen LogP contribution in [-0.4, -0.2) is 65.6 Å². The monoisotopic (exact) mass is 577 g/mol. The van der Waals surface area contributed by atoms with Crippen molar-refractivity contribution in [1.82, 2.24) is 14.8 Å². The van der Waals surface area contributed by atoms with Crippen LogP contribution in [0.1, 0.15) is 24.8 Å². The van der Waals surface area contributed by atoms with Gasteiger partial charge in [-0.25, -0.2) is 20.2 Å². The summed E-state index contributed by atoms with van der Waals surface area (Å²) >= 11 is 6.26. The number of nitrogens with one attached hydrogen (secondary N) is 1. The van der Waals surface area contributed by atoms with Gasteiger partial charge in [-0.3, -0.25) is 9.13 Å². The van der Waals surface area contributed by atoms with Crippen LogP contribution >= 0.6 is 26.8 Å². The lowest BCUT2D eigenvalue weighted by atomic mass is 10.1. The van der Waals surface area contributed by atoms with Gasteiger partial charge in [0.05, 0.1) is 23.9 Å². The molecule has 0 bridgehead atoms. The molecule has 202 valence electrons. The standard InChI is InChI=1S/C20H26ClN5O9P2/c1-11(12-5-3-2-4-6-12)24-14-7-16(21)25-19-13(14)8-23-26(19)20-18(28)17(27)15(34-20)9-33-36(29,30)10-37(31,32)35-22/h2-8,11,15,17-18,20,27-28H,9-10,22H2,1H3,(H,24,25)(H,29,30)(H,31,32)/t11-,15?,17+,18+,20+/m0/s1. The van der Waals surface area contributed by atoms with Gasteiger partial charge in [-0.2, -0.15) is 5.10 Å². The van der Waals surface area contributed by atoms with Crippen molar-refractivity contribution in [2.24, 2.45) is 5.90 Å². The van der Waals surface area contributed by atoms with Gasteiger partial charge in [0, 0.05) is 6.04 Å². The molecule has 7 atom stereocenters. The van der Waals surface area contributed by atoms with E-state index in [4.69, 9.17) is 20.9 Å². The fourth-order valence-corrected chi connectivity index (χ4v) is 6.88. The number of nitrogens with zero attached hydrogens (tertiary/aromatic N) is 3. The number of pyridine rings is 1. The third-order valence-corrected chi connectivity index (χ3v) is 9.68. The van der Waals surface area contributed by atoms with Crippen LogP contribution in [0.3, 0.4) is 0 Å². The van der Waals surface area contributed by atoms with Crippen LogP contribution < -0.4 is 11.2 Å². The molecule has 0 radical (unpaired) electrons. The van der Waals surface area contributed by atoms with Gasteiger partial charge in [-0.05, 0) is 18.6 Å². The Kier molecular flexibility index (Phi) is 8.39. The van der Waals surface area contributed by atoms with E-state index in [1.807, 2.05) is 37.3 Å². The van der Waals surface area contributed by atoms with Crippen LogP contribution in [0.4, 0.5) is 5.69 Å². The summed E-state index contributed by atoms with van der Waals surface area (Å²) in [6.45, 7) is 1.28. The first-order chi connectivity index (χ1) is 17.4. The van der Waals surface area contributed by atoms with Crippen LogP contribution in [-0.2, 0) is 23.0 Å². The number of aromatic nitrogens is 3. The lowest BCUT2D eigenvalue weighted by Crippen LogP contribution is -2.33. The maximum Gasteiger partial charge on any atom is 0.356 e. The zero-order valence-electron chi connectivity index (χ0n) is 19.4. The first kappa shape index (κ1) is 28.1. The Labute approximate surface area is 216 Å². The molecule has 1 aliphatic rings. The highest BCUT2D eigenvalue weighted by molar-refractivity contribution is 7.70. The van der Waals surface area contributed by atoms with Crippen molar-refractivity contribution in [3.63, 3.8) is 0 Å². The Morgan fingerprint density at radius 2 is 1.92 bits per heavy atom. The molecule has 14 nitrogen and oxygen atoms in total. The maximum absolute atomic E-state index is 12.1. The second kappa shape index (κ2) is 11.0. The van der Waals surface area contributed by atoms with Gasteiger partial charge < -0.3 is 34.6 Å². The van der Waals surface area contributed by atoms with E-state index >= 15 is 0 Å². The molecule has 17 heteroatoms. The smallest absolute Gasteiger partial charge is 0.356 e. The highest BCUT2D eigenvalue weighted by Gasteiger charge is 2.46. The highest BCUT2D eigenvalue weighted by atomic mass is 35.5. The molecular formula is C20H26ClN5O9P2. The largest absolute Gasteiger partial charge is 0.387 e. The number of halogens is 1. The van der Waals surface area contributed by atoms with Gasteiger partial charge in [-0.15, -0.1) is 0 Å². The molecule has 37 heavy (non-hydrogen) atoms. The van der Waals surface area contributed by atoms with Crippen LogP contribution in [0, 0.1) is 0 Å². The Morgan fingerprint density at radius 3 is 2.59 bits per heavy atom. The number of aliphatic hydroxyl groups is 2. The second-order valence-electron chi connectivity index (χ2n) is 8.46. The molecular weight excluding hydrogens is 552 g/mol. The van der Waals surface area contributed by atoms with Crippen molar-refractivity contribution in [3.8, 4) is 0 Å². The summed E-state index contributed by atoms with van der Waals surface area (Å²) in [5.74, 6) is 3.37. The molecule has 2 aromatic heterocycles. The van der Waals surface area contributed by atoms with Gasteiger partial charge in [0.1, 0.15) is 23.5 Å². The van der Waals surface area contributed by atoms with Crippen LogP contribution in [0.5, 0.6) is 0 Å². The van der Waals surface area contributed by atoms with Crippen LogP contribution in [0.25, 0.3) is 11.0 Å². The molecule has 7 N–H and O–H groups in total. The zero-order chi connectivity index (χ0) is 27.0. The summed E-state index contributed by atoms with van der Waals surface area (Å²) in [5, 5.41) is 29.4. The van der Waals surface area contributed by atoms with Gasteiger partial charge >= 0.3 is 15.2 Å². The van der Waals surface area contributed by atoms with E-state index in [0.717, 1.165) is 5.56 Å². The SMILES string of the molecule is C[C@H](Nc1cc(Cl)nc2c1cnn2[C@@H]1OC(COP(=O)(O)CP(=O)(O)ON)[C@@H](O)[C@H]1O)c1ccccc1. The van der Waals surface area contributed by atoms with E-state index in [1.54, 1.807) is 6.07 Å². The van der Waals surface area contributed by atoms with E-state index in [9.17, 15) is 29.1 Å². The molecule has 1 fully saturated rings. The molecule has 1 aromatic carbocycles. The molecule has 3 heterocycles. The fourth-order valence-electron chi connectivity index (χ4n) is 3.91. The molecule has 1 aliphatic heterocycles. The number of rotatable bonds is 10. The van der Waals surface area contributed by atoms with Crippen LogP contribution in [0.2, 0.25) is 5.15 Å². The number of benzene rings is 1. The molecule has 4 rings (SSSR count). The maximum atomic E-state index is 12.1. The predicted molar refractivity (Wildman–Crippen MR) is 133 cm³/mol. The molecule has 0 saturated carbocycles. The first-order valence-electron chi connectivity index (χ1n) is 10.9. The van der Waals surface area contributed by atoms with Gasteiger partial charge in [0.25, 0.3) is 0 Å². The normalized spacial score (nSPS) is 26.0. The van der Waals surface area contributed by atoms with Crippen molar-refractivity contribution in [1.29, 1.82) is 0 Å². The molecule has 0 amide bonds. The molecule has 1 saturated heterocycles. The summed E-state index contributed by atoms with van der Waals surface area (Å²) in [4.78, 5) is 23.4. The summed E-state index contributed by atoms with van der Waals surface area (Å²) in [6, 6.07) is 11.3. The van der Waals surface area contributed by atoms with Crippen LogP contribution in [0.15, 0.2) is 42.6 Å². The minimum absolute atomic E-state index is 0.0871. The first-order valence-corrected chi connectivity index (χ1v) is 14.8. The summed E-state index contributed by atoms with van der Waals surface area (Å²) in [7, 11) is -9.21. The van der Waals surface area contributed by atoms with Crippen molar-refractivity contribution in [3.05, 3.63) is 53.3 Å². The van der Waals surface area contributed by atoms with E-state index in [0.29, 0.717) is 11.1 Å². The van der Waals surface area contributed by atoms with E-state index < -0.39 is 52.2 Å². The minimum atomic E-state index is -4.65. The fraction of sp³-hybridized carbons (Fsp3) is 0.400. The summed E-state index contributed by atoms with van der Waals surface area (Å²) < 4.78 is 39.1. The molecule has 0 spiro atoms. The Hall–Kier alpha value is -1.93. The quantitative estimate of drug-likeness (QED) is 0.116. The number of hydrogen-bond acceptors (Lipinski definition) is 11. The Bertz CT molecular complexity index is 1350. The van der Waals surface area contributed by atoms with E-state index in [-0.39, 0.29) is 16.8 Å². The van der Waals surface area contributed by atoms with Crippen molar-refractivity contribution in [2.45, 2.75) is 37.5 Å². The zero-order valence-corrected chi connectivity index (χ0v) is 21.9. The minimum Gasteiger partial charge on any atom is -0.387 e. The van der Waals surface area contributed by atoms with E-state index in [1.165, 1.54) is 10.9 Å². The summed E-state index contributed by atoms with van der Waals surface area (Å²) in [6.07, 6.45) is -4.11. The number of fused-ring (bicyclic) bond motifs is 1. The molecule has 0 aliphatic carbocycles. The number of hydrogen-bond donors (Lipinski definition) is 6. The lowest BCUT2D eigenvalue weighted by molar-refractivity contribution is -0.0541. The number of nitrogens with two attached hydrogens (primary N) is 1. The average molecular weight is 578 g/mol. The third kappa shape index (κ3) is 6.39. The van der Waals surface area contributed by atoms with Crippen molar-refractivity contribution >= 4 is 43.5 Å². The second-order valence-corrected chi connectivity index (χ2v) is 13.0. The van der Waals surface area contributed by atoms with Gasteiger partial charge in [0.15, 0.2) is 17.8 Å². The topological polar surface area (TPSA) is 212 Å². The lowest BCUT2D eigenvalue weighted by Gasteiger charge is -2.19. The summed E-state index contributed by atoms with van der Waals surface area (Å²) in [5.41, 5.74) is 1.91. The Balaban J connectivity index is 1.53. The average Bonchev–Trinajstić information content (AvgIpc) is 3.38. The molecule has 3 unspecified atom stereocenters. The number of anilines is 1. The van der Waals surface area contributed by atoms with Crippen molar-refractivity contribution in [2.75, 3.05) is 17.8 Å². The van der Waals surface area contributed by atoms with Crippen molar-refractivity contribution < 1.29 is 43.0 Å². The molecule has 3 aromatic rings. The van der Waals surface area contributed by atoms with E-state index in [2.05, 4.69) is 25.9 Å². The highest BCUT2D eigenvalue weighted by Crippen LogP contribution is 2.57. The number of aliphatic hydroxyl groups excluding tert-OH is 2. The van der Waals surface area contributed by atoms with Gasteiger partial charge in [0.2, 0.25) is 0 Å². The predicted octanol–water partition coefficient (Wildman–Crippen LogP) is 2.11. The Morgan fingerprint density at radius 1 is 1.22 bits per heavy atom. The van der Waals surface area contributed by atoms with Gasteiger partial charge in [-0.1, -0.05) is 41.9 Å². The number of ether oxygens (including phenoxy) is 1.